The molecule has 0 N–H and O–H groups in total. The molecule has 0 saturated carbocycles. The molecule has 56 heavy (non-hydrogen) atoms. The molecule has 0 fully saturated rings. The summed E-state index contributed by atoms with van der Waals surface area (Å²) in [6.45, 7) is 9.56. The van der Waals surface area contributed by atoms with Gasteiger partial charge in [0.15, 0.2) is 0 Å². The van der Waals surface area contributed by atoms with E-state index in [1.165, 1.54) is 89.4 Å². The lowest BCUT2D eigenvalue weighted by Crippen LogP contribution is -2.30. The van der Waals surface area contributed by atoms with Crippen LogP contribution in [0.3, 0.4) is 0 Å². The summed E-state index contributed by atoms with van der Waals surface area (Å²) in [7, 11) is 0. The van der Waals surface area contributed by atoms with Gasteiger partial charge in [0, 0.05) is 33.7 Å². The van der Waals surface area contributed by atoms with Gasteiger partial charge in [0.1, 0.15) is 0 Å². The highest BCUT2D eigenvalue weighted by Gasteiger charge is 2.51. The lowest BCUT2D eigenvalue weighted by atomic mass is 9.66. The highest BCUT2D eigenvalue weighted by Crippen LogP contribution is 2.62. The predicted molar refractivity (Wildman–Crippen MR) is 233 cm³/mol. The van der Waals surface area contributed by atoms with Gasteiger partial charge in [-0.15, -0.1) is 0 Å². The normalized spacial score (nSPS) is 18.4. The molecule has 0 bridgehead atoms. The van der Waals surface area contributed by atoms with Crippen LogP contribution in [0, 0.1) is 0 Å². The second kappa shape index (κ2) is 11.9. The second-order valence-electron chi connectivity index (χ2n) is 17.2. The Bertz CT molecular complexity index is 2740. The molecule has 0 aromatic heterocycles. The number of anilines is 2. The maximum Gasteiger partial charge on any atom is 0.0673 e. The summed E-state index contributed by atoms with van der Waals surface area (Å²) in [5.74, 6) is 0.213. The molecule has 270 valence electrons. The summed E-state index contributed by atoms with van der Waals surface area (Å²) in [5, 5.41) is 0. The van der Waals surface area contributed by atoms with Crippen LogP contribution in [0.2, 0.25) is 0 Å². The molecule has 7 aromatic carbocycles. The van der Waals surface area contributed by atoms with E-state index in [0.717, 1.165) is 6.42 Å². The Morgan fingerprint density at radius 3 is 1.73 bits per heavy atom. The summed E-state index contributed by atoms with van der Waals surface area (Å²) >= 11 is 0. The third kappa shape index (κ3) is 4.37. The van der Waals surface area contributed by atoms with Crippen molar-refractivity contribution < 1.29 is 0 Å². The first-order chi connectivity index (χ1) is 27.3. The zero-order valence-electron chi connectivity index (χ0n) is 32.6. The van der Waals surface area contributed by atoms with E-state index in [1.54, 1.807) is 0 Å². The van der Waals surface area contributed by atoms with Crippen LogP contribution in [0.5, 0.6) is 0 Å². The highest BCUT2D eigenvalue weighted by molar-refractivity contribution is 5.94. The average Bonchev–Trinajstić information content (AvgIpc) is 3.77. The fraction of sp³-hybridized carbons (Fsp3) is 0.164. The van der Waals surface area contributed by atoms with Crippen LogP contribution in [0.1, 0.15) is 84.5 Å². The van der Waals surface area contributed by atoms with Gasteiger partial charge in [-0.1, -0.05) is 185 Å². The number of hydrogen-bond donors (Lipinski definition) is 0. The Kier molecular flexibility index (Phi) is 7.06. The number of nitrogens with zero attached hydrogens (tertiary/aromatic N) is 1. The van der Waals surface area contributed by atoms with E-state index >= 15 is 0 Å². The second-order valence-corrected chi connectivity index (χ2v) is 17.2. The molecule has 0 radical (unpaired) electrons. The maximum atomic E-state index is 2.62. The molecule has 7 aromatic rings. The minimum Gasteiger partial charge on any atom is -0.314 e. The molecule has 0 spiro atoms. The Morgan fingerprint density at radius 2 is 1.02 bits per heavy atom. The number of rotatable bonds is 5. The lowest BCUT2D eigenvalue weighted by Gasteiger charge is -2.38. The zero-order chi connectivity index (χ0) is 37.8. The van der Waals surface area contributed by atoms with Crippen molar-refractivity contribution in [2.45, 2.75) is 56.3 Å². The monoisotopic (exact) mass is 719 g/mol. The largest absolute Gasteiger partial charge is 0.314 e. The molecular formula is C55H45N. The molecule has 1 heteroatoms. The summed E-state index contributed by atoms with van der Waals surface area (Å²) in [6.07, 6.45) is 5.83. The van der Waals surface area contributed by atoms with E-state index in [2.05, 4.69) is 215 Å². The molecular weight excluding hydrogens is 675 g/mol. The van der Waals surface area contributed by atoms with Crippen LogP contribution in [0.25, 0.3) is 22.3 Å². The van der Waals surface area contributed by atoms with Crippen LogP contribution in [-0.2, 0) is 16.2 Å². The SMILES string of the molecule is CC1(C)c2ccccc2-c2ccc(N(C3=CC=C4C(C3)c3ccccc3C4(c3ccccc3)c3ccccc3)c3cccc4c3-c3ccccc3C4(C)C)cc21. The van der Waals surface area contributed by atoms with Crippen LogP contribution in [-0.4, -0.2) is 0 Å². The first-order valence-corrected chi connectivity index (χ1v) is 20.2. The molecule has 4 aliphatic rings. The molecule has 1 unspecified atom stereocenters. The molecule has 1 nitrogen and oxygen atoms in total. The van der Waals surface area contributed by atoms with E-state index in [4.69, 9.17) is 0 Å². The first kappa shape index (κ1) is 33.2. The molecule has 1 atom stereocenters. The van der Waals surface area contributed by atoms with E-state index < -0.39 is 0 Å². The first-order valence-electron chi connectivity index (χ1n) is 20.2. The van der Waals surface area contributed by atoms with Gasteiger partial charge in [0.2, 0.25) is 0 Å². The number of fused-ring (bicyclic) bond motifs is 9. The van der Waals surface area contributed by atoms with Crippen LogP contribution >= 0.6 is 0 Å². The summed E-state index contributed by atoms with van der Waals surface area (Å²) in [6, 6.07) is 64.0. The van der Waals surface area contributed by atoms with Gasteiger partial charge in [-0.3, -0.25) is 0 Å². The third-order valence-corrected chi connectivity index (χ3v) is 13.8. The van der Waals surface area contributed by atoms with Crippen molar-refractivity contribution in [1.82, 2.24) is 0 Å². The van der Waals surface area contributed by atoms with Crippen LogP contribution < -0.4 is 4.90 Å². The maximum absolute atomic E-state index is 2.62. The fourth-order valence-corrected chi connectivity index (χ4v) is 11.2. The van der Waals surface area contributed by atoms with Gasteiger partial charge in [-0.2, -0.15) is 0 Å². The summed E-state index contributed by atoms with van der Waals surface area (Å²) < 4.78 is 0. The standard InChI is InChI=1S/C55H45N/c1-53(2)46-26-15-13-24-43(46)52-49(53)28-17-29-51(52)56(39-30-32-42-40-22-11-14-25-45(40)54(3,4)50(42)35-39)38-31-33-48-44(34-38)41-23-12-16-27-47(41)55(48,36-18-7-5-8-19-36)37-20-9-6-10-21-37/h5-33,35,44H,34H2,1-4H3. The van der Waals surface area contributed by atoms with Gasteiger partial charge >= 0.3 is 0 Å². The highest BCUT2D eigenvalue weighted by atomic mass is 15.2. The van der Waals surface area contributed by atoms with E-state index in [0.29, 0.717) is 0 Å². The van der Waals surface area contributed by atoms with Gasteiger partial charge in [-0.05, 0) is 97.5 Å². The Labute approximate surface area is 331 Å². The summed E-state index contributed by atoms with van der Waals surface area (Å²) in [5.41, 5.74) is 21.1. The van der Waals surface area contributed by atoms with Crippen LogP contribution in [0.4, 0.5) is 11.4 Å². The Hall–Kier alpha value is -6.18. The Balaban J connectivity index is 1.17. The van der Waals surface area contributed by atoms with Crippen molar-refractivity contribution in [2.24, 2.45) is 0 Å². The number of benzene rings is 7. The van der Waals surface area contributed by atoms with Crippen molar-refractivity contribution in [2.75, 3.05) is 4.90 Å². The number of allylic oxidation sites excluding steroid dienone is 4. The smallest absolute Gasteiger partial charge is 0.0673 e. The molecule has 0 heterocycles. The van der Waals surface area contributed by atoms with Gasteiger partial charge < -0.3 is 4.90 Å². The molecule has 4 aliphatic carbocycles. The van der Waals surface area contributed by atoms with E-state index in [-0.39, 0.29) is 22.2 Å². The van der Waals surface area contributed by atoms with Crippen molar-refractivity contribution in [3.63, 3.8) is 0 Å². The van der Waals surface area contributed by atoms with Gasteiger partial charge in [-0.25, -0.2) is 0 Å². The summed E-state index contributed by atoms with van der Waals surface area (Å²) in [4.78, 5) is 2.62. The van der Waals surface area contributed by atoms with E-state index in [1.807, 2.05) is 0 Å². The fourth-order valence-electron chi connectivity index (χ4n) is 11.2. The van der Waals surface area contributed by atoms with E-state index in [9.17, 15) is 0 Å². The third-order valence-electron chi connectivity index (χ3n) is 13.8. The Morgan fingerprint density at radius 1 is 0.464 bits per heavy atom. The lowest BCUT2D eigenvalue weighted by molar-refractivity contribution is 0.659. The molecule has 11 rings (SSSR count). The number of hydrogen-bond acceptors (Lipinski definition) is 1. The minimum absolute atomic E-state index is 0.0987. The topological polar surface area (TPSA) is 3.24 Å². The van der Waals surface area contributed by atoms with Gasteiger partial charge in [0.05, 0.1) is 11.1 Å². The van der Waals surface area contributed by atoms with Crippen LogP contribution in [0.15, 0.2) is 193 Å². The van der Waals surface area contributed by atoms with Crippen molar-refractivity contribution >= 4 is 11.4 Å². The quantitative estimate of drug-likeness (QED) is 0.171. The zero-order valence-corrected chi connectivity index (χ0v) is 32.6. The van der Waals surface area contributed by atoms with Crippen molar-refractivity contribution in [3.05, 3.63) is 238 Å². The van der Waals surface area contributed by atoms with Gasteiger partial charge in [0.25, 0.3) is 0 Å². The predicted octanol–water partition coefficient (Wildman–Crippen LogP) is 13.8. The molecule has 0 saturated heterocycles. The average molecular weight is 720 g/mol. The minimum atomic E-state index is -0.378. The molecule has 0 amide bonds. The molecule has 0 aliphatic heterocycles. The van der Waals surface area contributed by atoms with Crippen molar-refractivity contribution in [1.29, 1.82) is 0 Å². The van der Waals surface area contributed by atoms with Crippen molar-refractivity contribution in [3.8, 4) is 22.3 Å².